The summed E-state index contributed by atoms with van der Waals surface area (Å²) in [5.41, 5.74) is 8.16. The average Bonchev–Trinajstić information content (AvgIpc) is 2.60. The Morgan fingerprint density at radius 3 is 2.62 bits per heavy atom. The maximum absolute atomic E-state index is 12.8. The topological polar surface area (TPSA) is 88.2 Å². The second-order valence-electron chi connectivity index (χ2n) is 7.12. The first-order chi connectivity index (χ1) is 12.4. The van der Waals surface area contributed by atoms with Crippen molar-refractivity contribution in [2.24, 2.45) is 5.92 Å². The number of nitrogen functional groups attached to an aromatic ring is 1. The SMILES string of the molecule is Cc1cccnc1N1CCN(C(=O)c2cc(CC(C)C)nc(N)n2)CC1. The lowest BCUT2D eigenvalue weighted by Gasteiger charge is -2.35. The van der Waals surface area contributed by atoms with Crippen molar-refractivity contribution in [1.82, 2.24) is 19.9 Å². The molecule has 2 aromatic heterocycles. The Morgan fingerprint density at radius 2 is 1.96 bits per heavy atom. The summed E-state index contributed by atoms with van der Waals surface area (Å²) in [5, 5.41) is 0. The third kappa shape index (κ3) is 4.09. The number of pyridine rings is 1. The van der Waals surface area contributed by atoms with Crippen LogP contribution in [0.2, 0.25) is 0 Å². The van der Waals surface area contributed by atoms with E-state index in [0.29, 0.717) is 24.7 Å². The van der Waals surface area contributed by atoms with E-state index in [4.69, 9.17) is 5.73 Å². The van der Waals surface area contributed by atoms with E-state index in [0.717, 1.165) is 36.6 Å². The molecule has 1 aliphatic rings. The van der Waals surface area contributed by atoms with Crippen molar-refractivity contribution in [3.63, 3.8) is 0 Å². The van der Waals surface area contributed by atoms with Crippen LogP contribution in [-0.2, 0) is 6.42 Å². The van der Waals surface area contributed by atoms with E-state index in [9.17, 15) is 4.79 Å². The zero-order chi connectivity index (χ0) is 18.7. The second kappa shape index (κ2) is 7.68. The molecule has 1 aliphatic heterocycles. The fraction of sp³-hybridized carbons (Fsp3) is 0.474. The predicted molar refractivity (Wildman–Crippen MR) is 102 cm³/mol. The van der Waals surface area contributed by atoms with E-state index in [1.807, 2.05) is 11.0 Å². The van der Waals surface area contributed by atoms with Crippen LogP contribution in [0.4, 0.5) is 11.8 Å². The highest BCUT2D eigenvalue weighted by Gasteiger charge is 2.25. The number of aromatic nitrogens is 3. The van der Waals surface area contributed by atoms with Gasteiger partial charge < -0.3 is 15.5 Å². The number of amides is 1. The lowest BCUT2D eigenvalue weighted by Crippen LogP contribution is -2.49. The smallest absolute Gasteiger partial charge is 0.272 e. The highest BCUT2D eigenvalue weighted by atomic mass is 16.2. The van der Waals surface area contributed by atoms with Gasteiger partial charge in [-0.25, -0.2) is 15.0 Å². The molecular weight excluding hydrogens is 328 g/mol. The highest BCUT2D eigenvalue weighted by Crippen LogP contribution is 2.19. The quantitative estimate of drug-likeness (QED) is 0.902. The summed E-state index contributed by atoms with van der Waals surface area (Å²) in [7, 11) is 0. The van der Waals surface area contributed by atoms with E-state index in [2.05, 4.69) is 46.7 Å². The van der Waals surface area contributed by atoms with Gasteiger partial charge in [0, 0.05) is 38.1 Å². The van der Waals surface area contributed by atoms with E-state index in [-0.39, 0.29) is 11.9 Å². The number of aryl methyl sites for hydroxylation is 1. The summed E-state index contributed by atoms with van der Waals surface area (Å²) in [5.74, 6) is 1.51. The van der Waals surface area contributed by atoms with Crippen molar-refractivity contribution < 1.29 is 4.79 Å². The summed E-state index contributed by atoms with van der Waals surface area (Å²) < 4.78 is 0. The fourth-order valence-corrected chi connectivity index (χ4v) is 3.24. The molecule has 7 heteroatoms. The summed E-state index contributed by atoms with van der Waals surface area (Å²) in [6, 6.07) is 5.76. The number of hydrogen-bond donors (Lipinski definition) is 1. The third-order valence-electron chi connectivity index (χ3n) is 4.48. The van der Waals surface area contributed by atoms with Crippen LogP contribution in [0.5, 0.6) is 0 Å². The van der Waals surface area contributed by atoms with Crippen LogP contribution < -0.4 is 10.6 Å². The Kier molecular flexibility index (Phi) is 5.35. The molecule has 0 bridgehead atoms. The zero-order valence-electron chi connectivity index (χ0n) is 15.6. The Morgan fingerprint density at radius 1 is 1.23 bits per heavy atom. The van der Waals surface area contributed by atoms with Gasteiger partial charge in [-0.3, -0.25) is 4.79 Å². The van der Waals surface area contributed by atoms with Gasteiger partial charge >= 0.3 is 0 Å². The van der Waals surface area contributed by atoms with Gasteiger partial charge in [0.1, 0.15) is 11.5 Å². The van der Waals surface area contributed by atoms with Crippen LogP contribution in [-0.4, -0.2) is 51.9 Å². The molecule has 2 N–H and O–H groups in total. The number of nitrogens with two attached hydrogens (primary N) is 1. The van der Waals surface area contributed by atoms with Crippen molar-refractivity contribution in [3.8, 4) is 0 Å². The molecule has 26 heavy (non-hydrogen) atoms. The summed E-state index contributed by atoms with van der Waals surface area (Å²) >= 11 is 0. The van der Waals surface area contributed by atoms with Crippen molar-refractivity contribution in [2.75, 3.05) is 36.8 Å². The molecule has 3 rings (SSSR count). The Labute approximate surface area is 154 Å². The van der Waals surface area contributed by atoms with E-state index in [1.165, 1.54) is 0 Å². The highest BCUT2D eigenvalue weighted by molar-refractivity contribution is 5.92. The van der Waals surface area contributed by atoms with Gasteiger partial charge in [0.15, 0.2) is 0 Å². The number of hydrogen-bond acceptors (Lipinski definition) is 6. The predicted octanol–water partition coefficient (Wildman–Crippen LogP) is 1.92. The monoisotopic (exact) mass is 354 g/mol. The number of carbonyl (C=O) groups is 1. The summed E-state index contributed by atoms with van der Waals surface area (Å²) in [6.45, 7) is 9.06. The number of carbonyl (C=O) groups excluding carboxylic acids is 1. The van der Waals surface area contributed by atoms with Crippen LogP contribution in [0, 0.1) is 12.8 Å². The van der Waals surface area contributed by atoms with Gasteiger partial charge in [-0.15, -0.1) is 0 Å². The molecule has 0 radical (unpaired) electrons. The molecule has 1 fully saturated rings. The van der Waals surface area contributed by atoms with Crippen molar-refractivity contribution in [3.05, 3.63) is 41.3 Å². The van der Waals surface area contributed by atoms with Crippen molar-refractivity contribution in [1.29, 1.82) is 0 Å². The fourth-order valence-electron chi connectivity index (χ4n) is 3.24. The minimum Gasteiger partial charge on any atom is -0.368 e. The molecule has 1 saturated heterocycles. The summed E-state index contributed by atoms with van der Waals surface area (Å²) in [4.78, 5) is 29.8. The van der Waals surface area contributed by atoms with Crippen LogP contribution in [0.3, 0.4) is 0 Å². The molecule has 0 spiro atoms. The van der Waals surface area contributed by atoms with Crippen LogP contribution in [0.1, 0.15) is 35.6 Å². The molecule has 0 atom stereocenters. The Bertz CT molecular complexity index is 783. The maximum atomic E-state index is 12.8. The van der Waals surface area contributed by atoms with E-state index >= 15 is 0 Å². The lowest BCUT2D eigenvalue weighted by molar-refractivity contribution is 0.0740. The molecule has 138 valence electrons. The molecule has 1 amide bonds. The van der Waals surface area contributed by atoms with Gasteiger partial charge in [-0.05, 0) is 37.0 Å². The van der Waals surface area contributed by atoms with Gasteiger partial charge in [-0.1, -0.05) is 19.9 Å². The number of anilines is 2. The zero-order valence-corrected chi connectivity index (χ0v) is 15.6. The number of nitrogens with zero attached hydrogens (tertiary/aromatic N) is 5. The van der Waals surface area contributed by atoms with Gasteiger partial charge in [0.05, 0.1) is 0 Å². The molecule has 0 saturated carbocycles. The Balaban J connectivity index is 1.69. The molecular formula is C19H26N6O. The molecule has 3 heterocycles. The van der Waals surface area contributed by atoms with E-state index in [1.54, 1.807) is 12.3 Å². The first kappa shape index (κ1) is 18.1. The normalized spacial score (nSPS) is 14.8. The lowest BCUT2D eigenvalue weighted by atomic mass is 10.1. The molecule has 0 unspecified atom stereocenters. The van der Waals surface area contributed by atoms with Crippen LogP contribution in [0.25, 0.3) is 0 Å². The van der Waals surface area contributed by atoms with Crippen LogP contribution >= 0.6 is 0 Å². The molecule has 0 aliphatic carbocycles. The number of piperazine rings is 1. The first-order valence-electron chi connectivity index (χ1n) is 9.03. The molecule has 2 aromatic rings. The second-order valence-corrected chi connectivity index (χ2v) is 7.12. The van der Waals surface area contributed by atoms with Gasteiger partial charge in [0.25, 0.3) is 5.91 Å². The number of rotatable bonds is 4. The standard InChI is InChI=1S/C19H26N6O/c1-13(2)11-15-12-16(23-19(20)22-15)18(26)25-9-7-24(8-10-25)17-14(3)5-4-6-21-17/h4-6,12-13H,7-11H2,1-3H3,(H2,20,22,23). The van der Waals surface area contributed by atoms with Crippen molar-refractivity contribution >= 4 is 17.7 Å². The van der Waals surface area contributed by atoms with Gasteiger partial charge in [-0.2, -0.15) is 0 Å². The minimum absolute atomic E-state index is 0.0819. The average molecular weight is 354 g/mol. The third-order valence-corrected chi connectivity index (χ3v) is 4.48. The minimum atomic E-state index is -0.0819. The van der Waals surface area contributed by atoms with Crippen molar-refractivity contribution in [2.45, 2.75) is 27.2 Å². The summed E-state index contributed by atoms with van der Waals surface area (Å²) in [6.07, 6.45) is 2.58. The van der Waals surface area contributed by atoms with E-state index < -0.39 is 0 Å². The maximum Gasteiger partial charge on any atom is 0.272 e. The van der Waals surface area contributed by atoms with Gasteiger partial charge in [0.2, 0.25) is 5.95 Å². The first-order valence-corrected chi connectivity index (χ1v) is 9.03. The largest absolute Gasteiger partial charge is 0.368 e. The van der Waals surface area contributed by atoms with Crippen LogP contribution in [0.15, 0.2) is 24.4 Å². The molecule has 7 nitrogen and oxygen atoms in total. The molecule has 0 aromatic carbocycles. The Hall–Kier alpha value is -2.70.